The van der Waals surface area contributed by atoms with Crippen molar-refractivity contribution in [3.05, 3.63) is 112 Å². The lowest BCUT2D eigenvalue weighted by Gasteiger charge is -2.10. The molecule has 0 amide bonds. The van der Waals surface area contributed by atoms with Crippen molar-refractivity contribution in [2.24, 2.45) is 0 Å². The number of non-ortho nitro benzene ring substituents is 1. The molecule has 162 valence electrons. The highest BCUT2D eigenvalue weighted by Crippen LogP contribution is 2.27. The topological polar surface area (TPSA) is 87.9 Å². The predicted molar refractivity (Wildman–Crippen MR) is 121 cm³/mol. The Balaban J connectivity index is 1.81. The number of nitro benzene ring substituents is 1. The number of ether oxygens (including phenoxy) is 3. The van der Waals surface area contributed by atoms with Gasteiger partial charge in [-0.15, -0.1) is 0 Å². The third-order valence-electron chi connectivity index (χ3n) is 4.56. The molecule has 32 heavy (non-hydrogen) atoms. The first-order chi connectivity index (χ1) is 15.5. The summed E-state index contributed by atoms with van der Waals surface area (Å²) in [6, 6.07) is 20.5. The van der Waals surface area contributed by atoms with Gasteiger partial charge in [0.15, 0.2) is 0 Å². The highest BCUT2D eigenvalue weighted by Gasteiger charge is 2.08. The number of hydrogen-bond acceptors (Lipinski definition) is 6. The van der Waals surface area contributed by atoms with Crippen LogP contribution in [0.1, 0.15) is 11.1 Å². The van der Waals surface area contributed by atoms with E-state index in [-0.39, 0.29) is 11.4 Å². The van der Waals surface area contributed by atoms with Crippen molar-refractivity contribution in [2.75, 3.05) is 14.2 Å². The highest BCUT2D eigenvalue weighted by atomic mass is 16.6. The summed E-state index contributed by atoms with van der Waals surface area (Å²) in [5.41, 5.74) is 2.68. The maximum absolute atomic E-state index is 12.1. The van der Waals surface area contributed by atoms with Crippen molar-refractivity contribution in [2.45, 2.75) is 0 Å². The van der Waals surface area contributed by atoms with E-state index in [0.29, 0.717) is 0 Å². The van der Waals surface area contributed by atoms with Crippen LogP contribution >= 0.6 is 0 Å². The average Bonchev–Trinajstić information content (AvgIpc) is 2.82. The van der Waals surface area contributed by atoms with Gasteiger partial charge in [-0.25, -0.2) is 4.79 Å². The fourth-order valence-electron chi connectivity index (χ4n) is 2.91. The van der Waals surface area contributed by atoms with Crippen molar-refractivity contribution in [3.8, 4) is 17.2 Å². The maximum atomic E-state index is 12.1. The number of esters is 1. The van der Waals surface area contributed by atoms with E-state index in [4.69, 9.17) is 14.2 Å². The maximum Gasteiger partial charge on any atom is 0.336 e. The Morgan fingerprint density at radius 1 is 0.781 bits per heavy atom. The Labute approximate surface area is 185 Å². The number of nitrogens with zero attached hydrogens (tertiary/aromatic N) is 1. The zero-order valence-corrected chi connectivity index (χ0v) is 17.6. The number of allylic oxidation sites excluding steroid dienone is 2. The van der Waals surface area contributed by atoms with Crippen LogP contribution in [0.25, 0.3) is 5.57 Å². The van der Waals surface area contributed by atoms with E-state index >= 15 is 0 Å². The third kappa shape index (κ3) is 5.82. The largest absolute Gasteiger partial charge is 0.497 e. The summed E-state index contributed by atoms with van der Waals surface area (Å²) in [5, 5.41) is 10.7. The third-order valence-corrected chi connectivity index (χ3v) is 4.56. The molecule has 0 aliphatic rings. The van der Waals surface area contributed by atoms with Crippen LogP contribution in [-0.2, 0) is 4.79 Å². The first-order valence-corrected chi connectivity index (χ1v) is 9.63. The summed E-state index contributed by atoms with van der Waals surface area (Å²) >= 11 is 0. The van der Waals surface area contributed by atoms with Crippen molar-refractivity contribution in [3.63, 3.8) is 0 Å². The van der Waals surface area contributed by atoms with Crippen molar-refractivity contribution >= 4 is 17.2 Å². The second-order valence-corrected chi connectivity index (χ2v) is 6.57. The summed E-state index contributed by atoms with van der Waals surface area (Å²) in [6.45, 7) is 0. The first kappa shape index (κ1) is 22.3. The molecular weight excluding hydrogens is 410 g/mol. The first-order valence-electron chi connectivity index (χ1n) is 9.63. The smallest absolute Gasteiger partial charge is 0.336 e. The highest BCUT2D eigenvalue weighted by molar-refractivity contribution is 5.86. The standard InChI is InChI=1S/C25H21NO6/c1-30-21-12-6-18(7-13-21)24(19-8-14-22(31-2)15-9-19)4-3-5-25(27)32-23-16-10-20(11-17-23)26(28)29/h3-17H,1-2H3/b5-3+. The number of rotatable bonds is 8. The van der Waals surface area contributed by atoms with Gasteiger partial charge in [-0.3, -0.25) is 10.1 Å². The van der Waals surface area contributed by atoms with Crippen LogP contribution in [0.3, 0.4) is 0 Å². The van der Waals surface area contributed by atoms with E-state index in [2.05, 4.69) is 0 Å². The lowest BCUT2D eigenvalue weighted by atomic mass is 9.97. The molecule has 7 heteroatoms. The molecular formula is C25H21NO6. The zero-order chi connectivity index (χ0) is 22.9. The van der Waals surface area contributed by atoms with Crippen LogP contribution in [0.2, 0.25) is 0 Å². The van der Waals surface area contributed by atoms with Gasteiger partial charge in [-0.1, -0.05) is 36.4 Å². The van der Waals surface area contributed by atoms with Crippen LogP contribution in [0, 0.1) is 10.1 Å². The van der Waals surface area contributed by atoms with Crippen LogP contribution in [-0.4, -0.2) is 25.1 Å². The summed E-state index contributed by atoms with van der Waals surface area (Å²) in [4.78, 5) is 22.3. The molecule has 0 aliphatic carbocycles. The van der Waals surface area contributed by atoms with Crippen LogP contribution in [0.5, 0.6) is 17.2 Å². The molecule has 3 aromatic carbocycles. The fourth-order valence-corrected chi connectivity index (χ4v) is 2.91. The van der Waals surface area contributed by atoms with Crippen molar-refractivity contribution in [1.82, 2.24) is 0 Å². The van der Waals surface area contributed by atoms with Gasteiger partial charge in [0, 0.05) is 18.2 Å². The predicted octanol–water partition coefficient (Wildman–Crippen LogP) is 5.21. The van der Waals surface area contributed by atoms with Gasteiger partial charge in [0.25, 0.3) is 5.69 Å². The molecule has 0 heterocycles. The fraction of sp³-hybridized carbons (Fsp3) is 0.0800. The Hall–Kier alpha value is -4.39. The van der Waals surface area contributed by atoms with E-state index in [1.165, 1.54) is 30.3 Å². The summed E-state index contributed by atoms with van der Waals surface area (Å²) < 4.78 is 15.6. The molecule has 0 saturated carbocycles. The SMILES string of the molecule is COc1ccc(C(=C/C=C/C(=O)Oc2ccc([N+](=O)[O-])cc2)c2ccc(OC)cc2)cc1. The summed E-state index contributed by atoms with van der Waals surface area (Å²) in [7, 11) is 3.21. The molecule has 0 N–H and O–H groups in total. The van der Waals surface area contributed by atoms with E-state index in [1.807, 2.05) is 48.5 Å². The monoisotopic (exact) mass is 431 g/mol. The number of hydrogen-bond donors (Lipinski definition) is 0. The quantitative estimate of drug-likeness (QED) is 0.122. The Morgan fingerprint density at radius 2 is 1.25 bits per heavy atom. The molecule has 7 nitrogen and oxygen atoms in total. The van der Waals surface area contributed by atoms with E-state index in [1.54, 1.807) is 26.4 Å². The van der Waals surface area contributed by atoms with Gasteiger partial charge >= 0.3 is 5.97 Å². The van der Waals surface area contributed by atoms with Crippen molar-refractivity contribution < 1.29 is 23.9 Å². The molecule has 0 atom stereocenters. The normalized spacial score (nSPS) is 10.4. The molecule has 3 aromatic rings. The number of carbonyl (C=O) groups is 1. The number of carbonyl (C=O) groups excluding carboxylic acids is 1. The second kappa shape index (κ2) is 10.6. The molecule has 0 radical (unpaired) electrons. The van der Waals surface area contributed by atoms with Gasteiger partial charge in [-0.05, 0) is 53.1 Å². The Bertz CT molecular complexity index is 1080. The average molecular weight is 431 g/mol. The Morgan fingerprint density at radius 3 is 1.69 bits per heavy atom. The van der Waals surface area contributed by atoms with E-state index in [0.717, 1.165) is 28.2 Å². The van der Waals surface area contributed by atoms with E-state index in [9.17, 15) is 14.9 Å². The number of nitro groups is 1. The van der Waals surface area contributed by atoms with E-state index < -0.39 is 10.9 Å². The minimum absolute atomic E-state index is 0.0769. The van der Waals surface area contributed by atoms with Crippen molar-refractivity contribution in [1.29, 1.82) is 0 Å². The van der Waals surface area contributed by atoms with Gasteiger partial charge in [-0.2, -0.15) is 0 Å². The lowest BCUT2D eigenvalue weighted by molar-refractivity contribution is -0.384. The van der Waals surface area contributed by atoms with Gasteiger partial charge in [0.05, 0.1) is 19.1 Å². The molecule has 0 fully saturated rings. The van der Waals surface area contributed by atoms with Gasteiger partial charge < -0.3 is 14.2 Å². The lowest BCUT2D eigenvalue weighted by Crippen LogP contribution is -2.03. The van der Waals surface area contributed by atoms with Crippen LogP contribution in [0.4, 0.5) is 5.69 Å². The molecule has 0 spiro atoms. The molecule has 0 saturated heterocycles. The van der Waals surface area contributed by atoms with Gasteiger partial charge in [0.1, 0.15) is 17.2 Å². The van der Waals surface area contributed by atoms with Gasteiger partial charge in [0.2, 0.25) is 0 Å². The minimum Gasteiger partial charge on any atom is -0.497 e. The van der Waals surface area contributed by atoms with Crippen LogP contribution < -0.4 is 14.2 Å². The molecule has 0 aliphatic heterocycles. The summed E-state index contributed by atoms with van der Waals surface area (Å²) in [5.74, 6) is 1.11. The zero-order valence-electron chi connectivity index (χ0n) is 17.6. The summed E-state index contributed by atoms with van der Waals surface area (Å²) in [6.07, 6.45) is 4.69. The molecule has 3 rings (SSSR count). The molecule has 0 aromatic heterocycles. The number of methoxy groups -OCH3 is 2. The molecule has 0 unspecified atom stereocenters. The molecule has 0 bridgehead atoms. The van der Waals surface area contributed by atoms with Crippen LogP contribution in [0.15, 0.2) is 91.0 Å². The number of benzene rings is 3. The second-order valence-electron chi connectivity index (χ2n) is 6.57. The minimum atomic E-state index is -0.598. The Kier molecular flexibility index (Phi) is 7.37.